The number of nitrogens with one attached hydrogen (secondary N) is 1. The number of carbonyl (C=O) groups excluding carboxylic acids is 2. The third-order valence-corrected chi connectivity index (χ3v) is 5.69. The van der Waals surface area contributed by atoms with Crippen molar-refractivity contribution in [3.05, 3.63) is 56.4 Å². The fourth-order valence-electron chi connectivity index (χ4n) is 3.94. The monoisotopic (exact) mass is 468 g/mol. The average molecular weight is 468 g/mol. The van der Waals surface area contributed by atoms with Gasteiger partial charge in [0.05, 0.1) is 23.2 Å². The van der Waals surface area contributed by atoms with Crippen LogP contribution in [0, 0.1) is 17.0 Å². The summed E-state index contributed by atoms with van der Waals surface area (Å²) in [4.78, 5) is 41.8. The molecule has 0 atom stereocenters. The Morgan fingerprint density at radius 1 is 1.21 bits per heavy atom. The van der Waals surface area contributed by atoms with Gasteiger partial charge < -0.3 is 19.5 Å². The molecule has 1 fully saturated rings. The maximum absolute atomic E-state index is 13.1. The van der Waals surface area contributed by atoms with Crippen LogP contribution in [0.1, 0.15) is 44.6 Å². The van der Waals surface area contributed by atoms with Crippen molar-refractivity contribution >= 4 is 23.3 Å². The molecule has 1 aromatic heterocycles. The van der Waals surface area contributed by atoms with Crippen LogP contribution in [0.2, 0.25) is 0 Å². The summed E-state index contributed by atoms with van der Waals surface area (Å²) in [6.07, 6.45) is -4.20. The van der Waals surface area contributed by atoms with E-state index < -0.39 is 28.3 Å². The highest BCUT2D eigenvalue weighted by Gasteiger charge is 2.35. The van der Waals surface area contributed by atoms with Crippen LogP contribution < -0.4 is 4.90 Å². The number of nitrogens with zero attached hydrogens (tertiary/aromatic N) is 3. The van der Waals surface area contributed by atoms with Crippen molar-refractivity contribution in [3.8, 4) is 0 Å². The summed E-state index contributed by atoms with van der Waals surface area (Å²) in [5.74, 6) is -0.877. The van der Waals surface area contributed by atoms with Crippen LogP contribution >= 0.6 is 0 Å². The number of aromatic amines is 1. The first-order chi connectivity index (χ1) is 15.5. The standard InChI is InChI=1S/C21H23F3N4O5/c1-4-14-17(20(30)33-3)12(2)18(25-14)19(29)27-9-7-26(8-10-27)15-6-5-13(21(22,23)24)11-16(15)28(31)32/h5-6,11,25H,4,7-10H2,1-3H3. The molecule has 3 rings (SSSR count). The van der Waals surface area contributed by atoms with Crippen LogP contribution in [0.4, 0.5) is 24.5 Å². The van der Waals surface area contributed by atoms with E-state index >= 15 is 0 Å². The molecule has 0 bridgehead atoms. The van der Waals surface area contributed by atoms with Gasteiger partial charge in [0.1, 0.15) is 11.4 Å². The highest BCUT2D eigenvalue weighted by atomic mass is 19.4. The number of methoxy groups -OCH3 is 1. The number of aryl methyl sites for hydroxylation is 1. The van der Waals surface area contributed by atoms with Gasteiger partial charge in [-0.15, -0.1) is 0 Å². The van der Waals surface area contributed by atoms with Crippen molar-refractivity contribution in [3.63, 3.8) is 0 Å². The quantitative estimate of drug-likeness (QED) is 0.408. The molecule has 1 aliphatic heterocycles. The van der Waals surface area contributed by atoms with Gasteiger partial charge in [-0.2, -0.15) is 13.2 Å². The number of hydrogen-bond acceptors (Lipinski definition) is 6. The Labute approximate surface area is 187 Å². The molecule has 12 heteroatoms. The minimum Gasteiger partial charge on any atom is -0.465 e. The minimum atomic E-state index is -4.69. The van der Waals surface area contributed by atoms with Crippen LogP contribution in [-0.4, -0.2) is 60.0 Å². The van der Waals surface area contributed by atoms with Crippen LogP contribution in [-0.2, 0) is 17.3 Å². The number of nitro groups is 1. The number of carbonyl (C=O) groups is 2. The van der Waals surface area contributed by atoms with Crippen molar-refractivity contribution in [2.45, 2.75) is 26.4 Å². The molecular weight excluding hydrogens is 445 g/mol. The second kappa shape index (κ2) is 9.12. The molecule has 178 valence electrons. The molecule has 0 spiro atoms. The van der Waals surface area contributed by atoms with E-state index in [1.54, 1.807) is 11.8 Å². The maximum atomic E-state index is 13.1. The van der Waals surface area contributed by atoms with E-state index in [9.17, 15) is 32.9 Å². The van der Waals surface area contributed by atoms with Crippen LogP contribution in [0.5, 0.6) is 0 Å². The second-order valence-corrected chi connectivity index (χ2v) is 7.56. The lowest BCUT2D eigenvalue weighted by atomic mass is 10.1. The lowest BCUT2D eigenvalue weighted by Crippen LogP contribution is -2.49. The van der Waals surface area contributed by atoms with Crippen molar-refractivity contribution < 1.29 is 32.4 Å². The number of rotatable bonds is 5. The number of amides is 1. The molecule has 0 unspecified atom stereocenters. The van der Waals surface area contributed by atoms with E-state index in [4.69, 9.17) is 4.74 Å². The number of benzene rings is 1. The molecule has 1 amide bonds. The van der Waals surface area contributed by atoms with Gasteiger partial charge in [-0.05, 0) is 31.0 Å². The molecule has 9 nitrogen and oxygen atoms in total. The van der Waals surface area contributed by atoms with E-state index in [2.05, 4.69) is 4.98 Å². The Morgan fingerprint density at radius 2 is 1.85 bits per heavy atom. The first-order valence-corrected chi connectivity index (χ1v) is 10.2. The fraction of sp³-hybridized carbons (Fsp3) is 0.429. The van der Waals surface area contributed by atoms with Gasteiger partial charge >= 0.3 is 12.1 Å². The Morgan fingerprint density at radius 3 is 2.36 bits per heavy atom. The summed E-state index contributed by atoms with van der Waals surface area (Å²) >= 11 is 0. The van der Waals surface area contributed by atoms with Crippen LogP contribution in [0.15, 0.2) is 18.2 Å². The Bertz CT molecular complexity index is 1090. The van der Waals surface area contributed by atoms with Gasteiger partial charge in [-0.1, -0.05) is 6.92 Å². The number of piperazine rings is 1. The molecule has 33 heavy (non-hydrogen) atoms. The van der Waals surface area contributed by atoms with Gasteiger partial charge in [0, 0.05) is 37.9 Å². The number of halogens is 3. The number of H-pyrrole nitrogens is 1. The third kappa shape index (κ3) is 4.64. The van der Waals surface area contributed by atoms with Gasteiger partial charge in [0.25, 0.3) is 11.6 Å². The van der Waals surface area contributed by atoms with E-state index in [1.165, 1.54) is 12.0 Å². The number of hydrogen-bond donors (Lipinski definition) is 1. The largest absolute Gasteiger partial charge is 0.465 e. The maximum Gasteiger partial charge on any atom is 0.416 e. The number of ether oxygens (including phenoxy) is 1. The molecular formula is C21H23F3N4O5. The number of anilines is 1. The predicted molar refractivity (Wildman–Crippen MR) is 112 cm³/mol. The third-order valence-electron chi connectivity index (χ3n) is 5.69. The van der Waals surface area contributed by atoms with E-state index in [0.29, 0.717) is 29.3 Å². The molecule has 2 aromatic rings. The van der Waals surface area contributed by atoms with Gasteiger partial charge in [-0.3, -0.25) is 14.9 Å². The summed E-state index contributed by atoms with van der Waals surface area (Å²) in [5, 5.41) is 11.4. The molecule has 2 heterocycles. The molecule has 1 saturated heterocycles. The van der Waals surface area contributed by atoms with Gasteiger partial charge in [-0.25, -0.2) is 4.79 Å². The van der Waals surface area contributed by atoms with E-state index in [-0.39, 0.29) is 43.5 Å². The predicted octanol–water partition coefficient (Wildman–Crippen LogP) is 3.56. The average Bonchev–Trinajstić information content (AvgIpc) is 3.13. The summed E-state index contributed by atoms with van der Waals surface area (Å²) in [6, 6.07) is 2.42. The molecule has 0 radical (unpaired) electrons. The molecule has 1 aromatic carbocycles. The highest BCUT2D eigenvalue weighted by Crippen LogP contribution is 2.37. The van der Waals surface area contributed by atoms with Crippen molar-refractivity contribution in [2.24, 2.45) is 0 Å². The number of esters is 1. The highest BCUT2D eigenvalue weighted by molar-refractivity contribution is 6.00. The molecule has 0 saturated carbocycles. The Kier molecular flexibility index (Phi) is 6.65. The molecule has 1 aliphatic rings. The lowest BCUT2D eigenvalue weighted by Gasteiger charge is -2.35. The number of nitro benzene ring substituents is 1. The minimum absolute atomic E-state index is 0.0670. The lowest BCUT2D eigenvalue weighted by molar-refractivity contribution is -0.384. The number of alkyl halides is 3. The summed E-state index contributed by atoms with van der Waals surface area (Å²) < 4.78 is 43.7. The zero-order valence-electron chi connectivity index (χ0n) is 18.3. The van der Waals surface area contributed by atoms with Crippen LogP contribution in [0.25, 0.3) is 0 Å². The second-order valence-electron chi connectivity index (χ2n) is 7.56. The van der Waals surface area contributed by atoms with E-state index in [1.807, 2.05) is 6.92 Å². The molecule has 0 aliphatic carbocycles. The van der Waals surface area contributed by atoms with Crippen molar-refractivity contribution in [1.29, 1.82) is 0 Å². The summed E-state index contributed by atoms with van der Waals surface area (Å²) in [7, 11) is 1.26. The van der Waals surface area contributed by atoms with E-state index in [0.717, 1.165) is 12.1 Å². The van der Waals surface area contributed by atoms with Crippen molar-refractivity contribution in [1.82, 2.24) is 9.88 Å². The van der Waals surface area contributed by atoms with Crippen molar-refractivity contribution in [2.75, 3.05) is 38.2 Å². The topological polar surface area (TPSA) is 109 Å². The smallest absolute Gasteiger partial charge is 0.416 e. The molecule has 1 N–H and O–H groups in total. The zero-order chi connectivity index (χ0) is 24.5. The SMILES string of the molecule is CCc1[nH]c(C(=O)N2CCN(c3ccc(C(F)(F)F)cc3[N+](=O)[O-])CC2)c(C)c1C(=O)OC. The van der Waals surface area contributed by atoms with Crippen LogP contribution in [0.3, 0.4) is 0 Å². The first-order valence-electron chi connectivity index (χ1n) is 10.2. The Hall–Kier alpha value is -3.57. The zero-order valence-corrected chi connectivity index (χ0v) is 18.3. The van der Waals surface area contributed by atoms with Gasteiger partial charge in [0.2, 0.25) is 0 Å². The first kappa shape index (κ1) is 24.1. The summed E-state index contributed by atoms with van der Waals surface area (Å²) in [6.45, 7) is 4.28. The number of aromatic nitrogens is 1. The Balaban J connectivity index is 1.80. The normalized spacial score (nSPS) is 14.4. The summed E-state index contributed by atoms with van der Waals surface area (Å²) in [5.41, 5.74) is -0.0190. The van der Waals surface area contributed by atoms with Gasteiger partial charge in [0.15, 0.2) is 0 Å². The fourth-order valence-corrected chi connectivity index (χ4v) is 3.94.